The Morgan fingerprint density at radius 3 is 2.73 bits per heavy atom. The maximum atomic E-state index is 12.3. The number of ketones is 1. The van der Waals surface area contributed by atoms with Crippen LogP contribution in [-0.2, 0) is 0 Å². The zero-order chi connectivity index (χ0) is 15.9. The molecule has 0 spiro atoms. The van der Waals surface area contributed by atoms with E-state index >= 15 is 0 Å². The number of rotatable bonds is 2. The van der Waals surface area contributed by atoms with E-state index in [1.165, 1.54) is 18.2 Å². The lowest BCUT2D eigenvalue weighted by Crippen LogP contribution is -2.10. The van der Waals surface area contributed by atoms with Gasteiger partial charge in [-0.1, -0.05) is 23.2 Å². The highest BCUT2D eigenvalue weighted by Crippen LogP contribution is 2.21. The van der Waals surface area contributed by atoms with E-state index in [2.05, 4.69) is 9.97 Å². The summed E-state index contributed by atoms with van der Waals surface area (Å²) in [7, 11) is 0. The zero-order valence-electron chi connectivity index (χ0n) is 10.7. The number of phenolic OH excluding ortho intramolecular Hbond substituents is 1. The van der Waals surface area contributed by atoms with Crippen LogP contribution in [0.3, 0.4) is 0 Å². The first-order valence-electron chi connectivity index (χ1n) is 5.95. The highest BCUT2D eigenvalue weighted by molar-refractivity contribution is 6.34. The number of aromatic hydroxyl groups is 1. The predicted octanol–water partition coefficient (Wildman–Crippen LogP) is 2.83. The van der Waals surface area contributed by atoms with E-state index < -0.39 is 11.2 Å². The molecule has 1 aromatic carbocycles. The van der Waals surface area contributed by atoms with Crippen LogP contribution in [-0.4, -0.2) is 20.9 Å². The maximum Gasteiger partial charge on any atom is 0.249 e. The van der Waals surface area contributed by atoms with Crippen LogP contribution in [0.2, 0.25) is 10.3 Å². The van der Waals surface area contributed by atoms with E-state index in [1.54, 1.807) is 0 Å². The molecule has 1 N–H and O–H groups in total. The molecule has 3 aromatic rings. The molecule has 2 aromatic heterocycles. The minimum atomic E-state index is -0.693. The van der Waals surface area contributed by atoms with Crippen molar-refractivity contribution in [2.24, 2.45) is 0 Å². The Morgan fingerprint density at radius 2 is 2.00 bits per heavy atom. The van der Waals surface area contributed by atoms with Crippen molar-refractivity contribution in [3.05, 3.63) is 62.4 Å². The third kappa shape index (κ3) is 2.54. The van der Waals surface area contributed by atoms with Gasteiger partial charge in [-0.15, -0.1) is 0 Å². The van der Waals surface area contributed by atoms with E-state index in [0.717, 1.165) is 12.3 Å². The van der Waals surface area contributed by atoms with Gasteiger partial charge in [-0.2, -0.15) is 0 Å². The van der Waals surface area contributed by atoms with E-state index in [0.29, 0.717) is 0 Å². The fraction of sp³-hybridized carbons (Fsp3) is 0. The molecule has 0 unspecified atom stereocenters. The van der Waals surface area contributed by atoms with E-state index in [1.807, 2.05) is 0 Å². The van der Waals surface area contributed by atoms with Crippen molar-refractivity contribution in [2.75, 3.05) is 0 Å². The lowest BCUT2D eigenvalue weighted by molar-refractivity contribution is 0.100. The largest absolute Gasteiger partial charge is 0.508 e. The summed E-state index contributed by atoms with van der Waals surface area (Å²) >= 11 is 11.4. The molecule has 0 fully saturated rings. The Morgan fingerprint density at radius 1 is 1.23 bits per heavy atom. The van der Waals surface area contributed by atoms with Crippen LogP contribution in [0.4, 0.5) is 0 Å². The molecule has 6 nitrogen and oxygen atoms in total. The van der Waals surface area contributed by atoms with Gasteiger partial charge in [-0.25, -0.2) is 9.97 Å². The molecule has 0 aliphatic heterocycles. The number of halogens is 2. The molecule has 0 aliphatic carbocycles. The lowest BCUT2D eigenvalue weighted by Gasteiger charge is -2.03. The number of carbonyl (C=O) groups excluding carboxylic acids is 1. The van der Waals surface area contributed by atoms with Crippen LogP contribution in [0.1, 0.15) is 16.2 Å². The van der Waals surface area contributed by atoms with Gasteiger partial charge in [-0.3, -0.25) is 9.59 Å². The number of hydrogen-bond donors (Lipinski definition) is 1. The molecule has 0 aliphatic rings. The van der Waals surface area contributed by atoms with Gasteiger partial charge in [0.05, 0.1) is 11.6 Å². The summed E-state index contributed by atoms with van der Waals surface area (Å²) in [4.78, 5) is 31.9. The Labute approximate surface area is 133 Å². The van der Waals surface area contributed by atoms with Crippen molar-refractivity contribution in [2.45, 2.75) is 0 Å². The average molecular weight is 337 g/mol. The highest BCUT2D eigenvalue weighted by Gasteiger charge is 2.20. The molecule has 0 saturated carbocycles. The number of benzene rings is 1. The molecule has 0 atom stereocenters. The van der Waals surface area contributed by atoms with Gasteiger partial charge in [-0.05, 0) is 18.2 Å². The SMILES string of the molecule is O=C(c1cc(=O)c2cc(O)ccc2o1)c1ncc(Cl)nc1Cl. The maximum absolute atomic E-state index is 12.3. The first-order valence-corrected chi connectivity index (χ1v) is 6.71. The molecule has 0 bridgehead atoms. The molecule has 110 valence electrons. The van der Waals surface area contributed by atoms with Crippen molar-refractivity contribution >= 4 is 40.0 Å². The van der Waals surface area contributed by atoms with Crippen molar-refractivity contribution in [3.8, 4) is 5.75 Å². The van der Waals surface area contributed by atoms with Crippen LogP contribution in [0.15, 0.2) is 39.7 Å². The summed E-state index contributed by atoms with van der Waals surface area (Å²) < 4.78 is 5.38. The minimum absolute atomic E-state index is 0.0389. The standard InChI is InChI=1S/C14H6Cl2N2O4/c15-11-5-17-12(14(16)18-11)13(21)10-4-8(20)7-3-6(19)1-2-9(7)22-10/h1-5,19H. The average Bonchev–Trinajstić information content (AvgIpc) is 2.47. The van der Waals surface area contributed by atoms with Crippen LogP contribution in [0, 0.1) is 0 Å². The van der Waals surface area contributed by atoms with Crippen molar-refractivity contribution in [1.29, 1.82) is 0 Å². The van der Waals surface area contributed by atoms with E-state index in [9.17, 15) is 14.7 Å². The van der Waals surface area contributed by atoms with Gasteiger partial charge in [0.2, 0.25) is 5.78 Å². The quantitative estimate of drug-likeness (QED) is 0.723. The molecule has 22 heavy (non-hydrogen) atoms. The Kier molecular flexibility index (Phi) is 3.56. The molecule has 3 rings (SSSR count). The van der Waals surface area contributed by atoms with Crippen LogP contribution in [0.25, 0.3) is 11.0 Å². The molecular formula is C14H6Cl2N2O4. The number of carbonyl (C=O) groups is 1. The number of aromatic nitrogens is 2. The fourth-order valence-electron chi connectivity index (χ4n) is 1.87. The Bertz CT molecular complexity index is 969. The van der Waals surface area contributed by atoms with Crippen molar-refractivity contribution in [3.63, 3.8) is 0 Å². The monoisotopic (exact) mass is 336 g/mol. The lowest BCUT2D eigenvalue weighted by atomic mass is 10.1. The van der Waals surface area contributed by atoms with Crippen LogP contribution >= 0.6 is 23.2 Å². The van der Waals surface area contributed by atoms with Gasteiger partial charge in [0.25, 0.3) is 0 Å². The fourth-order valence-corrected chi connectivity index (χ4v) is 2.27. The van der Waals surface area contributed by atoms with Gasteiger partial charge in [0.15, 0.2) is 22.0 Å². The minimum Gasteiger partial charge on any atom is -0.508 e. The third-order valence-electron chi connectivity index (χ3n) is 2.85. The van der Waals surface area contributed by atoms with Gasteiger partial charge < -0.3 is 9.52 Å². The zero-order valence-corrected chi connectivity index (χ0v) is 12.2. The summed E-state index contributed by atoms with van der Waals surface area (Å²) in [6, 6.07) is 4.99. The molecule has 8 heteroatoms. The van der Waals surface area contributed by atoms with Crippen LogP contribution in [0.5, 0.6) is 5.75 Å². The first-order chi connectivity index (χ1) is 10.5. The first kappa shape index (κ1) is 14.5. The molecule has 0 saturated heterocycles. The second-order valence-corrected chi connectivity index (χ2v) is 5.06. The van der Waals surface area contributed by atoms with E-state index in [-0.39, 0.29) is 38.5 Å². The third-order valence-corrected chi connectivity index (χ3v) is 3.30. The summed E-state index contributed by atoms with van der Waals surface area (Å²) in [6.07, 6.45) is 1.16. The summed E-state index contributed by atoms with van der Waals surface area (Å²) in [5.74, 6) is -1.01. The number of nitrogens with zero attached hydrogens (tertiary/aromatic N) is 2. The van der Waals surface area contributed by atoms with E-state index in [4.69, 9.17) is 27.6 Å². The van der Waals surface area contributed by atoms with Crippen molar-refractivity contribution in [1.82, 2.24) is 9.97 Å². The van der Waals surface area contributed by atoms with Gasteiger partial charge in [0.1, 0.15) is 16.5 Å². The second kappa shape index (κ2) is 5.40. The summed E-state index contributed by atoms with van der Waals surface area (Å²) in [5, 5.41) is 9.39. The number of phenols is 1. The second-order valence-electron chi connectivity index (χ2n) is 4.32. The number of hydrogen-bond acceptors (Lipinski definition) is 6. The van der Waals surface area contributed by atoms with Crippen LogP contribution < -0.4 is 5.43 Å². The molecular weight excluding hydrogens is 331 g/mol. The topological polar surface area (TPSA) is 93.3 Å². The summed E-state index contributed by atoms with van der Waals surface area (Å²) in [5.41, 5.74) is -0.488. The number of fused-ring (bicyclic) bond motifs is 1. The molecule has 2 heterocycles. The smallest absolute Gasteiger partial charge is 0.249 e. The Balaban J connectivity index is 2.16. The van der Waals surface area contributed by atoms with Gasteiger partial charge in [0, 0.05) is 6.07 Å². The molecule has 0 amide bonds. The normalized spacial score (nSPS) is 10.8. The molecule has 0 radical (unpaired) electrons. The predicted molar refractivity (Wildman–Crippen MR) is 79.6 cm³/mol. The summed E-state index contributed by atoms with van der Waals surface area (Å²) in [6.45, 7) is 0. The van der Waals surface area contributed by atoms with Gasteiger partial charge >= 0.3 is 0 Å². The van der Waals surface area contributed by atoms with Crippen molar-refractivity contribution < 1.29 is 14.3 Å². The Hall–Kier alpha value is -2.44. The highest BCUT2D eigenvalue weighted by atomic mass is 35.5.